The number of piperidine rings is 1. The van der Waals surface area contributed by atoms with Crippen LogP contribution in [0.25, 0.3) is 0 Å². The van der Waals surface area contributed by atoms with E-state index in [4.69, 9.17) is 0 Å². The Labute approximate surface area is 178 Å². The van der Waals surface area contributed by atoms with Crippen molar-refractivity contribution < 1.29 is 14.4 Å². The Bertz CT molecular complexity index is 799. The van der Waals surface area contributed by atoms with Crippen LogP contribution < -0.4 is 10.7 Å². The van der Waals surface area contributed by atoms with Crippen LogP contribution in [0, 0.1) is 11.8 Å². The highest BCUT2D eigenvalue weighted by atomic mass is 16.2. The number of nitrogens with zero attached hydrogens (tertiary/aromatic N) is 2. The maximum absolute atomic E-state index is 12.9. The zero-order chi connectivity index (χ0) is 21.1. The molecule has 1 aliphatic carbocycles. The van der Waals surface area contributed by atoms with Gasteiger partial charge >= 0.3 is 6.03 Å². The summed E-state index contributed by atoms with van der Waals surface area (Å²) >= 11 is 0. The van der Waals surface area contributed by atoms with Crippen LogP contribution in [0.1, 0.15) is 51.0 Å². The maximum atomic E-state index is 12.9. The van der Waals surface area contributed by atoms with Crippen LogP contribution in [0.5, 0.6) is 0 Å². The minimum absolute atomic E-state index is 0.223. The molecular formula is C23H32N4O3. The molecule has 1 aromatic rings. The van der Waals surface area contributed by atoms with E-state index in [1.54, 1.807) is 6.92 Å². The van der Waals surface area contributed by atoms with Crippen molar-refractivity contribution >= 4 is 17.8 Å². The summed E-state index contributed by atoms with van der Waals surface area (Å²) in [5.74, 6) is 0.774. The fourth-order valence-electron chi connectivity index (χ4n) is 5.18. The van der Waals surface area contributed by atoms with Gasteiger partial charge in [-0.2, -0.15) is 5.01 Å². The van der Waals surface area contributed by atoms with Crippen LogP contribution in [0.4, 0.5) is 4.79 Å². The number of carbonyl (C=O) groups is 3. The molecule has 0 unspecified atom stereocenters. The molecule has 3 atom stereocenters. The van der Waals surface area contributed by atoms with Crippen LogP contribution in [0.15, 0.2) is 30.3 Å². The number of nitrogens with one attached hydrogen (secondary N) is 2. The Morgan fingerprint density at radius 3 is 2.63 bits per heavy atom. The molecule has 0 bridgehead atoms. The number of carbonyl (C=O) groups excluding carboxylic acids is 3. The summed E-state index contributed by atoms with van der Waals surface area (Å²) in [4.78, 5) is 40.0. The lowest BCUT2D eigenvalue weighted by molar-refractivity contribution is -0.139. The molecule has 2 N–H and O–H groups in total. The van der Waals surface area contributed by atoms with Crippen molar-refractivity contribution in [1.82, 2.24) is 20.7 Å². The quantitative estimate of drug-likeness (QED) is 0.704. The normalized spacial score (nSPS) is 29.4. The van der Waals surface area contributed by atoms with E-state index in [1.807, 2.05) is 30.3 Å². The highest BCUT2D eigenvalue weighted by Crippen LogP contribution is 2.35. The molecule has 0 aromatic heterocycles. The molecule has 7 heteroatoms. The summed E-state index contributed by atoms with van der Waals surface area (Å²) in [5, 5.41) is 3.62. The molecular weight excluding hydrogens is 380 g/mol. The molecule has 4 amide bonds. The predicted molar refractivity (Wildman–Crippen MR) is 113 cm³/mol. The summed E-state index contributed by atoms with van der Waals surface area (Å²) in [6, 6.07) is 9.29. The van der Waals surface area contributed by atoms with Crippen LogP contribution in [0.3, 0.4) is 0 Å². The topological polar surface area (TPSA) is 81.8 Å². The third-order valence-corrected chi connectivity index (χ3v) is 7.00. The van der Waals surface area contributed by atoms with Gasteiger partial charge in [0.25, 0.3) is 11.8 Å². The monoisotopic (exact) mass is 412 g/mol. The molecule has 3 aliphatic rings. The molecule has 1 aromatic carbocycles. The molecule has 0 radical (unpaired) electrons. The summed E-state index contributed by atoms with van der Waals surface area (Å²) < 4.78 is 0. The number of imide groups is 1. The van der Waals surface area contributed by atoms with Gasteiger partial charge in [-0.1, -0.05) is 49.6 Å². The van der Waals surface area contributed by atoms with Gasteiger partial charge in [0.05, 0.1) is 6.54 Å². The number of hydrogen-bond donors (Lipinski definition) is 2. The first-order valence-corrected chi connectivity index (χ1v) is 11.2. The fourth-order valence-corrected chi connectivity index (χ4v) is 5.18. The van der Waals surface area contributed by atoms with E-state index in [0.717, 1.165) is 36.0 Å². The van der Waals surface area contributed by atoms with Crippen molar-refractivity contribution in [3.63, 3.8) is 0 Å². The van der Waals surface area contributed by atoms with Crippen LogP contribution >= 0.6 is 0 Å². The number of likely N-dealkylation sites (tertiary alicyclic amines) is 1. The molecule has 2 aliphatic heterocycles. The van der Waals surface area contributed by atoms with Gasteiger partial charge in [0, 0.05) is 6.54 Å². The molecule has 162 valence electrons. The van der Waals surface area contributed by atoms with Crippen molar-refractivity contribution in [2.75, 3.05) is 19.6 Å². The minimum Gasteiger partial charge on any atom is -0.322 e. The van der Waals surface area contributed by atoms with Gasteiger partial charge in [-0.25, -0.2) is 4.79 Å². The highest BCUT2D eigenvalue weighted by Gasteiger charge is 2.48. The van der Waals surface area contributed by atoms with E-state index in [2.05, 4.69) is 15.6 Å². The first-order chi connectivity index (χ1) is 14.4. The van der Waals surface area contributed by atoms with E-state index in [-0.39, 0.29) is 12.5 Å². The lowest BCUT2D eigenvalue weighted by Gasteiger charge is -2.41. The number of fused-ring (bicyclic) bond motifs is 1. The average molecular weight is 413 g/mol. The average Bonchev–Trinajstić information content (AvgIpc) is 2.96. The predicted octanol–water partition coefficient (Wildman–Crippen LogP) is 2.47. The van der Waals surface area contributed by atoms with Gasteiger partial charge in [0.2, 0.25) is 0 Å². The molecule has 1 saturated carbocycles. The minimum atomic E-state index is -1.01. The van der Waals surface area contributed by atoms with Crippen molar-refractivity contribution in [3.8, 4) is 0 Å². The van der Waals surface area contributed by atoms with Crippen molar-refractivity contribution in [3.05, 3.63) is 35.9 Å². The SMILES string of the molecule is C[C@]1(CCc2ccccc2)NC(=O)N(NC(=O)CN2CC[C@@H]3CCCC[C@@H]3C2)C1=O. The second-order valence-corrected chi connectivity index (χ2v) is 9.25. The first-order valence-electron chi connectivity index (χ1n) is 11.2. The van der Waals surface area contributed by atoms with Gasteiger partial charge in [0.1, 0.15) is 5.54 Å². The zero-order valence-electron chi connectivity index (χ0n) is 17.7. The number of urea groups is 1. The lowest BCUT2D eigenvalue weighted by atomic mass is 9.75. The fraction of sp³-hybridized carbons (Fsp3) is 0.609. The number of rotatable bonds is 6. The Morgan fingerprint density at radius 2 is 1.87 bits per heavy atom. The van der Waals surface area contributed by atoms with E-state index < -0.39 is 17.5 Å². The molecule has 30 heavy (non-hydrogen) atoms. The molecule has 2 saturated heterocycles. The van der Waals surface area contributed by atoms with Gasteiger partial charge in [-0.05, 0) is 56.6 Å². The Hall–Kier alpha value is -2.41. The van der Waals surface area contributed by atoms with Crippen molar-refractivity contribution in [2.45, 2.75) is 57.4 Å². The summed E-state index contributed by atoms with van der Waals surface area (Å²) in [7, 11) is 0. The first kappa shape index (κ1) is 20.8. The van der Waals surface area contributed by atoms with E-state index in [9.17, 15) is 14.4 Å². The number of hydrogen-bond acceptors (Lipinski definition) is 4. The number of hydrazine groups is 1. The van der Waals surface area contributed by atoms with Crippen LogP contribution in [-0.4, -0.2) is 52.9 Å². The summed E-state index contributed by atoms with van der Waals surface area (Å²) in [6.45, 7) is 3.79. The van der Waals surface area contributed by atoms with Crippen molar-refractivity contribution in [2.24, 2.45) is 11.8 Å². The smallest absolute Gasteiger partial charge is 0.322 e. The number of amides is 4. The van der Waals surface area contributed by atoms with E-state index >= 15 is 0 Å². The van der Waals surface area contributed by atoms with Gasteiger partial charge in [-0.3, -0.25) is 19.9 Å². The standard InChI is InChI=1S/C23H32N4O3/c1-23(13-11-17-7-3-2-4-8-17)21(29)27(22(30)24-23)25-20(28)16-26-14-12-18-9-5-6-10-19(18)15-26/h2-4,7-8,18-19H,5-6,9-16H2,1H3,(H,24,30)(H,25,28)/t18-,19+,23+/m0/s1. The third kappa shape index (κ3) is 4.51. The van der Waals surface area contributed by atoms with Crippen LogP contribution in [-0.2, 0) is 16.0 Å². The van der Waals surface area contributed by atoms with Crippen LogP contribution in [0.2, 0.25) is 0 Å². The summed E-state index contributed by atoms with van der Waals surface area (Å²) in [5.41, 5.74) is 2.63. The van der Waals surface area contributed by atoms with E-state index in [0.29, 0.717) is 18.8 Å². The third-order valence-electron chi connectivity index (χ3n) is 7.00. The Balaban J connectivity index is 1.30. The van der Waals surface area contributed by atoms with Gasteiger partial charge in [-0.15, -0.1) is 0 Å². The molecule has 4 rings (SSSR count). The molecule has 7 nitrogen and oxygen atoms in total. The molecule has 0 spiro atoms. The Kier molecular flexibility index (Phi) is 6.09. The largest absolute Gasteiger partial charge is 0.344 e. The maximum Gasteiger partial charge on any atom is 0.344 e. The second kappa shape index (κ2) is 8.76. The van der Waals surface area contributed by atoms with Gasteiger partial charge in [0.15, 0.2) is 0 Å². The van der Waals surface area contributed by atoms with Gasteiger partial charge < -0.3 is 5.32 Å². The summed E-state index contributed by atoms with van der Waals surface area (Å²) in [6.07, 6.45) is 7.45. The number of aryl methyl sites for hydroxylation is 1. The van der Waals surface area contributed by atoms with E-state index in [1.165, 1.54) is 25.7 Å². The highest BCUT2D eigenvalue weighted by molar-refractivity contribution is 6.07. The van der Waals surface area contributed by atoms with Crippen molar-refractivity contribution in [1.29, 1.82) is 0 Å². The molecule has 2 heterocycles. The second-order valence-electron chi connectivity index (χ2n) is 9.25. The molecule has 3 fully saturated rings. The zero-order valence-corrected chi connectivity index (χ0v) is 17.7. The lowest BCUT2D eigenvalue weighted by Crippen LogP contribution is -2.52. The number of benzene rings is 1. The Morgan fingerprint density at radius 1 is 1.13 bits per heavy atom.